The Morgan fingerprint density at radius 2 is 2.04 bits per heavy atom. The molecule has 0 amide bonds. The van der Waals surface area contributed by atoms with Gasteiger partial charge in [-0.1, -0.05) is 23.7 Å². The zero-order valence-corrected chi connectivity index (χ0v) is 14.3. The van der Waals surface area contributed by atoms with Gasteiger partial charge in [0.15, 0.2) is 21.3 Å². The predicted molar refractivity (Wildman–Crippen MR) is 89.7 cm³/mol. The van der Waals surface area contributed by atoms with E-state index < -0.39 is 9.84 Å². The molecule has 0 radical (unpaired) electrons. The highest BCUT2D eigenvalue weighted by Gasteiger charge is 2.23. The van der Waals surface area contributed by atoms with Crippen molar-refractivity contribution in [1.29, 1.82) is 0 Å². The van der Waals surface area contributed by atoms with E-state index in [0.29, 0.717) is 22.5 Å². The third kappa shape index (κ3) is 2.65. The fraction of sp³-hybridized carbons (Fsp3) is 0.0714. The van der Waals surface area contributed by atoms with Crippen molar-refractivity contribution in [3.63, 3.8) is 0 Å². The highest BCUT2D eigenvalue weighted by Crippen LogP contribution is 2.35. The van der Waals surface area contributed by atoms with E-state index in [2.05, 4.69) is 30.7 Å². The van der Waals surface area contributed by atoms with E-state index in [0.717, 1.165) is 6.26 Å². The smallest absolute Gasteiger partial charge is 0.181 e. The molecule has 1 aromatic carbocycles. The summed E-state index contributed by atoms with van der Waals surface area (Å²) >= 11 is 5.98. The van der Waals surface area contributed by atoms with Crippen LogP contribution in [-0.4, -0.2) is 49.9 Å². The number of tetrazole rings is 1. The molecule has 0 saturated heterocycles. The van der Waals surface area contributed by atoms with Crippen molar-refractivity contribution >= 4 is 27.1 Å². The molecule has 0 atom stereocenters. The van der Waals surface area contributed by atoms with Gasteiger partial charge in [0.1, 0.15) is 5.15 Å². The van der Waals surface area contributed by atoms with Gasteiger partial charge in [-0.05, 0) is 28.6 Å². The highest BCUT2D eigenvalue weighted by molar-refractivity contribution is 7.90. The van der Waals surface area contributed by atoms with Gasteiger partial charge in [-0.2, -0.15) is 5.10 Å². The molecule has 25 heavy (non-hydrogen) atoms. The van der Waals surface area contributed by atoms with Gasteiger partial charge in [0.25, 0.3) is 0 Å². The molecule has 0 bridgehead atoms. The maximum atomic E-state index is 12.2. The van der Waals surface area contributed by atoms with Gasteiger partial charge >= 0.3 is 0 Å². The summed E-state index contributed by atoms with van der Waals surface area (Å²) in [6.07, 6.45) is 2.72. The number of nitrogens with one attached hydrogen (secondary N) is 1. The van der Waals surface area contributed by atoms with Gasteiger partial charge in [-0.15, -0.1) is 5.10 Å². The maximum Gasteiger partial charge on any atom is 0.181 e. The number of nitrogens with zero attached hydrogens (tertiary/aromatic N) is 6. The van der Waals surface area contributed by atoms with E-state index in [1.54, 1.807) is 30.5 Å². The summed E-state index contributed by atoms with van der Waals surface area (Å²) < 4.78 is 26.0. The van der Waals surface area contributed by atoms with Gasteiger partial charge in [0.05, 0.1) is 16.8 Å². The molecule has 0 fully saturated rings. The normalized spacial score (nSPS) is 11.9. The van der Waals surface area contributed by atoms with Gasteiger partial charge in [0, 0.05) is 17.4 Å². The Hall–Kier alpha value is -2.85. The molecule has 3 aromatic heterocycles. The number of benzene rings is 1. The molecule has 4 aromatic rings. The molecule has 4 rings (SSSR count). The first-order valence-electron chi connectivity index (χ1n) is 7.03. The predicted octanol–water partition coefficient (Wildman–Crippen LogP) is 1.63. The van der Waals surface area contributed by atoms with E-state index in [4.69, 9.17) is 11.6 Å². The minimum Gasteiger partial charge on any atom is -0.239 e. The average Bonchev–Trinajstić information content (AvgIpc) is 3.22. The van der Waals surface area contributed by atoms with Crippen molar-refractivity contribution in [1.82, 2.24) is 35.2 Å². The van der Waals surface area contributed by atoms with E-state index >= 15 is 0 Å². The maximum absolute atomic E-state index is 12.2. The molecular formula is C14H10ClN7O2S. The summed E-state index contributed by atoms with van der Waals surface area (Å²) in [5.41, 5.74) is 2.04. The van der Waals surface area contributed by atoms with Gasteiger partial charge in [0.2, 0.25) is 0 Å². The molecule has 126 valence electrons. The number of hydrogen-bond acceptors (Lipinski definition) is 7. The topological polar surface area (TPSA) is 119 Å². The molecule has 0 aliphatic heterocycles. The van der Waals surface area contributed by atoms with Crippen LogP contribution in [0.5, 0.6) is 0 Å². The third-order valence-corrected chi connectivity index (χ3v) is 4.95. The van der Waals surface area contributed by atoms with Crippen LogP contribution in [0.2, 0.25) is 5.15 Å². The second-order valence-corrected chi connectivity index (χ2v) is 7.64. The number of halogens is 1. The molecule has 9 nitrogen and oxygen atoms in total. The SMILES string of the molecule is CS(=O)(=O)c1cccc(-c2cnc3ccc(Cl)nn23)c1-c1nnn[nH]1. The Bertz CT molecular complexity index is 1190. The van der Waals surface area contributed by atoms with Crippen molar-refractivity contribution < 1.29 is 8.42 Å². The fourth-order valence-corrected chi connectivity index (χ4v) is 3.64. The van der Waals surface area contributed by atoms with Crippen LogP contribution in [0.3, 0.4) is 0 Å². The molecule has 3 heterocycles. The van der Waals surface area contributed by atoms with Crippen LogP contribution in [0.25, 0.3) is 28.3 Å². The number of fused-ring (bicyclic) bond motifs is 1. The molecule has 0 aliphatic rings. The Kier molecular flexibility index (Phi) is 3.51. The van der Waals surface area contributed by atoms with Crippen LogP contribution in [0, 0.1) is 0 Å². The standard InChI is InChI=1S/C14H10ClN7O2S/c1-25(23,24)10-4-2-3-8(13(10)14-17-20-21-18-14)9-7-16-12-6-5-11(15)19-22(9)12/h2-7H,1H3,(H,17,18,20,21). The summed E-state index contributed by atoms with van der Waals surface area (Å²) in [7, 11) is -3.53. The summed E-state index contributed by atoms with van der Waals surface area (Å²) in [6.45, 7) is 0. The van der Waals surface area contributed by atoms with Crippen LogP contribution >= 0.6 is 11.6 Å². The van der Waals surface area contributed by atoms with Crippen molar-refractivity contribution in [2.75, 3.05) is 6.26 Å². The van der Waals surface area contributed by atoms with E-state index in [1.165, 1.54) is 10.6 Å². The van der Waals surface area contributed by atoms with Crippen LogP contribution in [0.4, 0.5) is 0 Å². The molecule has 0 saturated carbocycles. The number of H-pyrrole nitrogens is 1. The minimum atomic E-state index is -3.53. The average molecular weight is 376 g/mol. The van der Waals surface area contributed by atoms with Gasteiger partial charge in [-0.3, -0.25) is 0 Å². The summed E-state index contributed by atoms with van der Waals surface area (Å²) in [5, 5.41) is 18.1. The van der Waals surface area contributed by atoms with E-state index in [9.17, 15) is 8.42 Å². The van der Waals surface area contributed by atoms with Crippen molar-refractivity contribution in [2.24, 2.45) is 0 Å². The zero-order valence-electron chi connectivity index (χ0n) is 12.8. The molecule has 0 unspecified atom stereocenters. The fourth-order valence-electron chi connectivity index (χ4n) is 2.60. The number of rotatable bonds is 3. The minimum absolute atomic E-state index is 0.0977. The first-order chi connectivity index (χ1) is 11.9. The number of aromatic amines is 1. The number of sulfone groups is 1. The Balaban J connectivity index is 2.10. The van der Waals surface area contributed by atoms with Crippen molar-refractivity contribution in [3.05, 3.63) is 41.7 Å². The molecular weight excluding hydrogens is 366 g/mol. The lowest BCUT2D eigenvalue weighted by Crippen LogP contribution is -2.04. The number of imidazole rings is 1. The molecule has 11 heteroatoms. The second kappa shape index (κ2) is 5.60. The lowest BCUT2D eigenvalue weighted by atomic mass is 10.0. The quantitative estimate of drug-likeness (QED) is 0.578. The van der Waals surface area contributed by atoms with Crippen LogP contribution < -0.4 is 0 Å². The monoisotopic (exact) mass is 375 g/mol. The zero-order chi connectivity index (χ0) is 17.6. The first-order valence-corrected chi connectivity index (χ1v) is 9.30. The second-order valence-electron chi connectivity index (χ2n) is 5.27. The summed E-state index contributed by atoms with van der Waals surface area (Å²) in [5.74, 6) is 0.230. The summed E-state index contributed by atoms with van der Waals surface area (Å²) in [6, 6.07) is 8.23. The number of hydrogen-bond donors (Lipinski definition) is 1. The van der Waals surface area contributed by atoms with Crippen molar-refractivity contribution in [3.8, 4) is 22.6 Å². The van der Waals surface area contributed by atoms with E-state index in [1.807, 2.05) is 0 Å². The summed E-state index contributed by atoms with van der Waals surface area (Å²) in [4.78, 5) is 4.38. The lowest BCUT2D eigenvalue weighted by Gasteiger charge is -2.11. The van der Waals surface area contributed by atoms with Crippen LogP contribution in [-0.2, 0) is 9.84 Å². The van der Waals surface area contributed by atoms with E-state index in [-0.39, 0.29) is 15.9 Å². The Morgan fingerprint density at radius 3 is 2.76 bits per heavy atom. The van der Waals surface area contributed by atoms with Gasteiger partial charge < -0.3 is 0 Å². The third-order valence-electron chi connectivity index (χ3n) is 3.61. The number of aromatic nitrogens is 7. The van der Waals surface area contributed by atoms with Crippen LogP contribution in [0.15, 0.2) is 41.4 Å². The first kappa shape index (κ1) is 15.7. The highest BCUT2D eigenvalue weighted by atomic mass is 35.5. The Labute approximate surface area is 146 Å². The molecule has 0 spiro atoms. The van der Waals surface area contributed by atoms with Crippen molar-refractivity contribution in [2.45, 2.75) is 4.90 Å². The van der Waals surface area contributed by atoms with Gasteiger partial charge in [-0.25, -0.2) is 23.0 Å². The molecule has 1 N–H and O–H groups in total. The largest absolute Gasteiger partial charge is 0.239 e. The lowest BCUT2D eigenvalue weighted by molar-refractivity contribution is 0.602. The Morgan fingerprint density at radius 1 is 1.20 bits per heavy atom. The van der Waals surface area contributed by atoms with Crippen LogP contribution in [0.1, 0.15) is 0 Å². The molecule has 0 aliphatic carbocycles.